The second kappa shape index (κ2) is 9.16. The third kappa shape index (κ3) is 5.30. The summed E-state index contributed by atoms with van der Waals surface area (Å²) in [5.41, 5.74) is 1.18. The molecule has 1 fully saturated rings. The van der Waals surface area contributed by atoms with E-state index < -0.39 is 0 Å². The smallest absolute Gasteiger partial charge is 0.309 e. The molecule has 0 radical (unpaired) electrons. The van der Waals surface area contributed by atoms with Crippen molar-refractivity contribution in [3.05, 3.63) is 45.9 Å². The van der Waals surface area contributed by atoms with E-state index in [1.807, 2.05) is 0 Å². The minimum absolute atomic E-state index is 0.0588. The van der Waals surface area contributed by atoms with Crippen molar-refractivity contribution in [1.82, 2.24) is 9.88 Å². The maximum Gasteiger partial charge on any atom is 0.309 e. The molecule has 0 aliphatic carbocycles. The van der Waals surface area contributed by atoms with E-state index in [-0.39, 0.29) is 30.3 Å². The predicted molar refractivity (Wildman–Crippen MR) is 106 cm³/mol. The number of aromatic nitrogens is 1. The lowest BCUT2D eigenvalue weighted by atomic mass is 9.96. The first kappa shape index (κ1) is 20.3. The zero-order chi connectivity index (χ0) is 20.1. The fourth-order valence-corrected chi connectivity index (χ4v) is 3.80. The molecule has 2 aromatic rings. The van der Waals surface area contributed by atoms with Crippen LogP contribution < -0.4 is 5.32 Å². The molecule has 7 nitrogen and oxygen atoms in total. The molecule has 0 spiro atoms. The van der Waals surface area contributed by atoms with Crippen LogP contribution in [0.25, 0.3) is 0 Å². The van der Waals surface area contributed by atoms with Crippen LogP contribution in [0.2, 0.25) is 5.02 Å². The molecule has 1 N–H and O–H groups in total. The second-order valence-electron chi connectivity index (χ2n) is 6.51. The molecule has 1 aromatic heterocycles. The third-order valence-corrected chi connectivity index (χ3v) is 5.46. The molecule has 9 heteroatoms. The Morgan fingerprint density at radius 2 is 1.93 bits per heavy atom. The molecule has 0 saturated carbocycles. The first-order valence-corrected chi connectivity index (χ1v) is 10.1. The number of carbonyl (C=O) groups excluding carboxylic acids is 3. The van der Waals surface area contributed by atoms with Crippen molar-refractivity contribution in [3.8, 4) is 0 Å². The van der Waals surface area contributed by atoms with E-state index in [1.54, 1.807) is 34.5 Å². The van der Waals surface area contributed by atoms with Gasteiger partial charge >= 0.3 is 5.97 Å². The van der Waals surface area contributed by atoms with Crippen molar-refractivity contribution >= 4 is 45.9 Å². The van der Waals surface area contributed by atoms with Crippen LogP contribution in [-0.4, -0.2) is 40.8 Å². The van der Waals surface area contributed by atoms with Gasteiger partial charge < -0.3 is 15.0 Å². The summed E-state index contributed by atoms with van der Waals surface area (Å²) in [5, 5.41) is 5.40. The van der Waals surface area contributed by atoms with Crippen molar-refractivity contribution in [2.75, 3.05) is 18.4 Å². The number of hydrogen-bond acceptors (Lipinski definition) is 6. The maximum atomic E-state index is 12.5. The number of piperidine rings is 1. The molecule has 0 bridgehead atoms. The molecule has 1 saturated heterocycles. The van der Waals surface area contributed by atoms with Crippen LogP contribution in [0.4, 0.5) is 5.13 Å². The Hall–Kier alpha value is -2.45. The Morgan fingerprint density at radius 1 is 1.25 bits per heavy atom. The number of esters is 1. The predicted octanol–water partition coefficient (Wildman–Crippen LogP) is 3.35. The average Bonchev–Trinajstić information content (AvgIpc) is 3.13. The lowest BCUT2D eigenvalue weighted by Crippen LogP contribution is -2.40. The summed E-state index contributed by atoms with van der Waals surface area (Å²) >= 11 is 7.14. The van der Waals surface area contributed by atoms with E-state index >= 15 is 0 Å². The van der Waals surface area contributed by atoms with Crippen molar-refractivity contribution in [1.29, 1.82) is 0 Å². The van der Waals surface area contributed by atoms with Crippen LogP contribution >= 0.6 is 22.9 Å². The molecule has 28 heavy (non-hydrogen) atoms. The van der Waals surface area contributed by atoms with Gasteiger partial charge in [0, 0.05) is 36.0 Å². The molecule has 148 valence electrons. The summed E-state index contributed by atoms with van der Waals surface area (Å²) in [6.07, 6.45) is 1.12. The van der Waals surface area contributed by atoms with Crippen LogP contribution in [-0.2, 0) is 20.9 Å². The summed E-state index contributed by atoms with van der Waals surface area (Å²) in [6, 6.07) is 6.78. The molecule has 1 aliphatic heterocycles. The van der Waals surface area contributed by atoms with Gasteiger partial charge in [0.1, 0.15) is 6.61 Å². The number of anilines is 1. The monoisotopic (exact) mass is 421 g/mol. The molecule has 1 aliphatic rings. The summed E-state index contributed by atoms with van der Waals surface area (Å²) in [5.74, 6) is -0.773. The van der Waals surface area contributed by atoms with Gasteiger partial charge in [-0.15, -0.1) is 11.3 Å². The van der Waals surface area contributed by atoms with Crippen LogP contribution in [0, 0.1) is 5.92 Å². The summed E-state index contributed by atoms with van der Waals surface area (Å²) in [6.45, 7) is 2.49. The second-order valence-corrected chi connectivity index (χ2v) is 7.80. The van der Waals surface area contributed by atoms with Gasteiger partial charge in [0.25, 0.3) is 5.91 Å². The molecule has 1 aromatic carbocycles. The Balaban J connectivity index is 1.45. The molecule has 2 amide bonds. The minimum atomic E-state index is -0.285. The number of ether oxygens (including phenoxy) is 1. The van der Waals surface area contributed by atoms with Crippen molar-refractivity contribution in [2.45, 2.75) is 26.4 Å². The van der Waals surface area contributed by atoms with E-state index in [0.717, 1.165) is 0 Å². The Bertz CT molecular complexity index is 860. The largest absolute Gasteiger partial charge is 0.459 e. The highest BCUT2D eigenvalue weighted by atomic mass is 35.5. The maximum absolute atomic E-state index is 12.5. The Morgan fingerprint density at radius 3 is 2.57 bits per heavy atom. The Labute approximate surface area is 171 Å². The lowest BCUT2D eigenvalue weighted by Gasteiger charge is -2.31. The molecule has 0 atom stereocenters. The van der Waals surface area contributed by atoms with E-state index in [0.29, 0.717) is 47.3 Å². The average molecular weight is 422 g/mol. The Kier molecular flexibility index (Phi) is 6.64. The van der Waals surface area contributed by atoms with Gasteiger partial charge in [-0.2, -0.15) is 0 Å². The highest BCUT2D eigenvalue weighted by molar-refractivity contribution is 7.13. The number of amides is 2. The molecule has 0 unspecified atom stereocenters. The number of nitrogens with one attached hydrogen (secondary N) is 1. The number of likely N-dealkylation sites (tertiary alicyclic amines) is 1. The van der Waals surface area contributed by atoms with Gasteiger partial charge in [-0.1, -0.05) is 11.6 Å². The number of nitrogens with zero attached hydrogens (tertiary/aromatic N) is 2. The quantitative estimate of drug-likeness (QED) is 0.748. The highest BCUT2D eigenvalue weighted by Gasteiger charge is 2.29. The normalized spacial score (nSPS) is 14.6. The number of thiazole rings is 1. The van der Waals surface area contributed by atoms with E-state index in [9.17, 15) is 14.4 Å². The van der Waals surface area contributed by atoms with Gasteiger partial charge in [0.05, 0.1) is 11.6 Å². The molecule has 2 heterocycles. The van der Waals surface area contributed by atoms with Crippen molar-refractivity contribution < 1.29 is 19.1 Å². The summed E-state index contributed by atoms with van der Waals surface area (Å²) in [4.78, 5) is 41.8. The zero-order valence-corrected chi connectivity index (χ0v) is 16.9. The van der Waals surface area contributed by atoms with Crippen LogP contribution in [0.5, 0.6) is 0 Å². The lowest BCUT2D eigenvalue weighted by molar-refractivity contribution is -0.151. The number of carbonyl (C=O) groups is 3. The van der Waals surface area contributed by atoms with Gasteiger partial charge in [0.15, 0.2) is 5.13 Å². The highest BCUT2D eigenvalue weighted by Crippen LogP contribution is 2.22. The van der Waals surface area contributed by atoms with E-state index in [2.05, 4.69) is 10.3 Å². The number of benzene rings is 1. The number of halogens is 1. The minimum Gasteiger partial charge on any atom is -0.459 e. The van der Waals surface area contributed by atoms with Gasteiger partial charge in [-0.3, -0.25) is 14.4 Å². The number of rotatable bonds is 5. The first-order valence-electron chi connectivity index (χ1n) is 8.86. The van der Waals surface area contributed by atoms with Crippen LogP contribution in [0.1, 0.15) is 35.8 Å². The van der Waals surface area contributed by atoms with Crippen molar-refractivity contribution in [3.63, 3.8) is 0 Å². The third-order valence-electron chi connectivity index (χ3n) is 4.40. The zero-order valence-electron chi connectivity index (χ0n) is 15.3. The van der Waals surface area contributed by atoms with Crippen LogP contribution in [0.3, 0.4) is 0 Å². The molecular formula is C19H20ClN3O4S. The SMILES string of the molecule is CC(=O)Nc1nc(COC(=O)C2CCN(C(=O)c3ccc(Cl)cc3)CC2)cs1. The van der Waals surface area contributed by atoms with E-state index in [4.69, 9.17) is 16.3 Å². The van der Waals surface area contributed by atoms with Gasteiger partial charge in [0.2, 0.25) is 5.91 Å². The summed E-state index contributed by atoms with van der Waals surface area (Å²) in [7, 11) is 0. The van der Waals surface area contributed by atoms with Gasteiger partial charge in [-0.25, -0.2) is 4.98 Å². The van der Waals surface area contributed by atoms with Crippen molar-refractivity contribution in [2.24, 2.45) is 5.92 Å². The first-order chi connectivity index (χ1) is 13.4. The summed E-state index contributed by atoms with van der Waals surface area (Å²) < 4.78 is 5.35. The van der Waals surface area contributed by atoms with Crippen LogP contribution in [0.15, 0.2) is 29.6 Å². The standard InChI is InChI=1S/C19H20ClN3O4S/c1-12(24)21-19-22-16(11-28-19)10-27-18(26)14-6-8-23(9-7-14)17(25)13-2-4-15(20)5-3-13/h2-5,11,14H,6-10H2,1H3,(H,21,22,24). The van der Waals surface area contributed by atoms with Gasteiger partial charge in [-0.05, 0) is 37.1 Å². The molecule has 3 rings (SSSR count). The number of hydrogen-bond donors (Lipinski definition) is 1. The fourth-order valence-electron chi connectivity index (χ4n) is 2.94. The topological polar surface area (TPSA) is 88.6 Å². The molecular weight excluding hydrogens is 402 g/mol. The fraction of sp³-hybridized carbons (Fsp3) is 0.368. The van der Waals surface area contributed by atoms with E-state index in [1.165, 1.54) is 18.3 Å².